The lowest BCUT2D eigenvalue weighted by molar-refractivity contribution is -0.137. The zero-order valence-corrected chi connectivity index (χ0v) is 17.1. The van der Waals surface area contributed by atoms with E-state index in [9.17, 15) is 9.59 Å². The average molecular weight is 412 g/mol. The Labute approximate surface area is 171 Å². The van der Waals surface area contributed by atoms with Crippen LogP contribution in [0.5, 0.6) is 0 Å². The molecule has 1 aromatic rings. The van der Waals surface area contributed by atoms with Crippen molar-refractivity contribution in [2.24, 2.45) is 5.92 Å². The molecule has 2 amide bonds. The molecular formula is C20H27Cl2N3O2. The van der Waals surface area contributed by atoms with Crippen LogP contribution in [0, 0.1) is 5.92 Å². The smallest absolute Gasteiger partial charge is 0.238 e. The minimum atomic E-state index is -0.0781. The van der Waals surface area contributed by atoms with E-state index in [1.807, 2.05) is 0 Å². The molecule has 0 spiro atoms. The molecule has 148 valence electrons. The van der Waals surface area contributed by atoms with Crippen LogP contribution in [0.15, 0.2) is 18.2 Å². The van der Waals surface area contributed by atoms with E-state index in [1.54, 1.807) is 18.2 Å². The van der Waals surface area contributed by atoms with E-state index < -0.39 is 0 Å². The zero-order chi connectivity index (χ0) is 19.2. The van der Waals surface area contributed by atoms with E-state index in [-0.39, 0.29) is 11.8 Å². The summed E-state index contributed by atoms with van der Waals surface area (Å²) in [6.45, 7) is 3.69. The summed E-state index contributed by atoms with van der Waals surface area (Å²) in [6.07, 6.45) is 6.37. The third-order valence-corrected chi connectivity index (χ3v) is 6.16. The molecule has 0 bridgehead atoms. The zero-order valence-electron chi connectivity index (χ0n) is 15.6. The van der Waals surface area contributed by atoms with Crippen molar-refractivity contribution in [1.29, 1.82) is 0 Å². The molecule has 5 nitrogen and oxygen atoms in total. The first-order valence-corrected chi connectivity index (χ1v) is 10.5. The number of likely N-dealkylation sites (tertiary alicyclic amines) is 2. The summed E-state index contributed by atoms with van der Waals surface area (Å²) in [7, 11) is 0. The normalized spacial score (nSPS) is 19.6. The summed E-state index contributed by atoms with van der Waals surface area (Å²) in [5.74, 6) is 0.347. The number of nitrogens with zero attached hydrogens (tertiary/aromatic N) is 2. The summed E-state index contributed by atoms with van der Waals surface area (Å²) in [5, 5.41) is 3.73. The Bertz CT molecular complexity index is 667. The number of benzene rings is 1. The highest BCUT2D eigenvalue weighted by molar-refractivity contribution is 6.42. The molecule has 1 N–H and O–H groups in total. The Kier molecular flexibility index (Phi) is 7.39. The van der Waals surface area contributed by atoms with Gasteiger partial charge in [0.25, 0.3) is 0 Å². The minimum absolute atomic E-state index is 0.0781. The van der Waals surface area contributed by atoms with Crippen LogP contribution in [0.4, 0.5) is 5.69 Å². The van der Waals surface area contributed by atoms with Gasteiger partial charge in [-0.25, -0.2) is 0 Å². The maximum Gasteiger partial charge on any atom is 0.238 e. The van der Waals surface area contributed by atoms with E-state index in [4.69, 9.17) is 23.2 Å². The molecule has 2 fully saturated rings. The van der Waals surface area contributed by atoms with E-state index in [2.05, 4.69) is 15.1 Å². The molecule has 27 heavy (non-hydrogen) atoms. The quantitative estimate of drug-likeness (QED) is 0.812. The highest BCUT2D eigenvalue weighted by Crippen LogP contribution is 2.25. The number of hydrogen-bond acceptors (Lipinski definition) is 3. The third-order valence-electron chi connectivity index (χ3n) is 5.43. The van der Waals surface area contributed by atoms with Crippen LogP contribution in [0.1, 0.15) is 38.5 Å². The van der Waals surface area contributed by atoms with Gasteiger partial charge in [0, 0.05) is 24.7 Å². The lowest BCUT2D eigenvalue weighted by Crippen LogP contribution is -2.44. The first-order valence-electron chi connectivity index (χ1n) is 9.79. The number of rotatable bonds is 4. The Morgan fingerprint density at radius 1 is 0.963 bits per heavy atom. The monoisotopic (exact) mass is 411 g/mol. The van der Waals surface area contributed by atoms with Crippen LogP contribution >= 0.6 is 23.2 Å². The van der Waals surface area contributed by atoms with Crippen LogP contribution in [-0.2, 0) is 9.59 Å². The van der Waals surface area contributed by atoms with Gasteiger partial charge in [-0.3, -0.25) is 14.5 Å². The van der Waals surface area contributed by atoms with Crippen LogP contribution < -0.4 is 5.32 Å². The van der Waals surface area contributed by atoms with Gasteiger partial charge in [-0.1, -0.05) is 36.0 Å². The summed E-state index contributed by atoms with van der Waals surface area (Å²) < 4.78 is 0. The van der Waals surface area contributed by atoms with Crippen LogP contribution in [0.25, 0.3) is 0 Å². The van der Waals surface area contributed by atoms with E-state index >= 15 is 0 Å². The molecule has 0 saturated carbocycles. The van der Waals surface area contributed by atoms with Gasteiger partial charge in [-0.15, -0.1) is 0 Å². The number of amides is 2. The molecule has 0 atom stereocenters. The molecule has 2 saturated heterocycles. The molecule has 2 aliphatic rings. The number of carbonyl (C=O) groups is 2. The van der Waals surface area contributed by atoms with E-state index in [0.717, 1.165) is 51.9 Å². The van der Waals surface area contributed by atoms with Crippen LogP contribution in [0.3, 0.4) is 0 Å². The van der Waals surface area contributed by atoms with Gasteiger partial charge in [0.15, 0.2) is 0 Å². The SMILES string of the molecule is O=C(CN1CCC(C(=O)N2CCCCCC2)CC1)Nc1ccc(Cl)c(Cl)c1. The van der Waals surface area contributed by atoms with Gasteiger partial charge in [-0.05, 0) is 57.0 Å². The summed E-state index contributed by atoms with van der Waals surface area (Å²) in [6, 6.07) is 5.05. The second kappa shape index (κ2) is 9.76. The second-order valence-electron chi connectivity index (χ2n) is 7.47. The van der Waals surface area contributed by atoms with Crippen molar-refractivity contribution in [2.45, 2.75) is 38.5 Å². The van der Waals surface area contributed by atoms with E-state index in [0.29, 0.717) is 28.2 Å². The third kappa shape index (κ3) is 5.84. The Morgan fingerprint density at radius 2 is 1.63 bits per heavy atom. The number of hydrogen-bond donors (Lipinski definition) is 1. The van der Waals surface area contributed by atoms with Crippen molar-refractivity contribution in [3.8, 4) is 0 Å². The van der Waals surface area contributed by atoms with E-state index in [1.165, 1.54) is 12.8 Å². The fourth-order valence-electron chi connectivity index (χ4n) is 3.86. The molecule has 0 aliphatic carbocycles. The topological polar surface area (TPSA) is 52.7 Å². The van der Waals surface area contributed by atoms with Gasteiger partial charge in [0.05, 0.1) is 16.6 Å². The molecule has 3 rings (SSSR count). The molecule has 2 aliphatic heterocycles. The Balaban J connectivity index is 1.44. The molecule has 0 aromatic heterocycles. The Morgan fingerprint density at radius 3 is 2.26 bits per heavy atom. The van der Waals surface area contributed by atoms with Crippen molar-refractivity contribution in [3.05, 3.63) is 28.2 Å². The van der Waals surface area contributed by atoms with Crippen LogP contribution in [0.2, 0.25) is 10.0 Å². The Hall–Kier alpha value is -1.30. The first-order chi connectivity index (χ1) is 13.0. The lowest BCUT2D eigenvalue weighted by atomic mass is 9.95. The minimum Gasteiger partial charge on any atom is -0.342 e. The van der Waals surface area contributed by atoms with Crippen molar-refractivity contribution >= 4 is 40.7 Å². The standard InChI is InChI=1S/C20H27Cl2N3O2/c21-17-6-5-16(13-18(17)22)23-19(26)14-24-11-7-15(8-12-24)20(27)25-9-3-1-2-4-10-25/h5-6,13,15H,1-4,7-12,14H2,(H,23,26). The summed E-state index contributed by atoms with van der Waals surface area (Å²) in [4.78, 5) is 29.2. The van der Waals surface area contributed by atoms with Gasteiger partial charge < -0.3 is 10.2 Å². The number of carbonyl (C=O) groups excluding carboxylic acids is 2. The summed E-state index contributed by atoms with van der Waals surface area (Å²) in [5.41, 5.74) is 0.639. The molecule has 7 heteroatoms. The van der Waals surface area contributed by atoms with Crippen molar-refractivity contribution in [3.63, 3.8) is 0 Å². The van der Waals surface area contributed by atoms with Gasteiger partial charge >= 0.3 is 0 Å². The first kappa shape index (κ1) is 20.4. The fraction of sp³-hybridized carbons (Fsp3) is 0.600. The number of halogens is 2. The molecule has 2 heterocycles. The van der Waals surface area contributed by atoms with Crippen molar-refractivity contribution < 1.29 is 9.59 Å². The predicted octanol–water partition coefficient (Wildman–Crippen LogP) is 4.05. The highest BCUT2D eigenvalue weighted by atomic mass is 35.5. The number of nitrogens with one attached hydrogen (secondary N) is 1. The molecule has 0 radical (unpaired) electrons. The van der Waals surface area contributed by atoms with Crippen LogP contribution in [-0.4, -0.2) is 54.3 Å². The van der Waals surface area contributed by atoms with Crippen molar-refractivity contribution in [2.75, 3.05) is 38.0 Å². The largest absolute Gasteiger partial charge is 0.342 e. The maximum absolute atomic E-state index is 12.7. The highest BCUT2D eigenvalue weighted by Gasteiger charge is 2.29. The molecular weight excluding hydrogens is 385 g/mol. The molecule has 1 aromatic carbocycles. The van der Waals surface area contributed by atoms with Crippen molar-refractivity contribution in [1.82, 2.24) is 9.80 Å². The second-order valence-corrected chi connectivity index (χ2v) is 8.28. The number of anilines is 1. The average Bonchev–Trinajstić information content (AvgIpc) is 2.94. The fourth-order valence-corrected chi connectivity index (χ4v) is 4.16. The molecule has 0 unspecified atom stereocenters. The maximum atomic E-state index is 12.7. The number of piperidine rings is 1. The van der Waals surface area contributed by atoms with Gasteiger partial charge in [0.2, 0.25) is 11.8 Å². The lowest BCUT2D eigenvalue weighted by Gasteiger charge is -2.33. The van der Waals surface area contributed by atoms with Gasteiger partial charge in [-0.2, -0.15) is 0 Å². The predicted molar refractivity (Wildman–Crippen MR) is 109 cm³/mol. The summed E-state index contributed by atoms with van der Waals surface area (Å²) >= 11 is 11.9. The van der Waals surface area contributed by atoms with Gasteiger partial charge in [0.1, 0.15) is 0 Å².